The van der Waals surface area contributed by atoms with E-state index in [0.29, 0.717) is 12.1 Å². The summed E-state index contributed by atoms with van der Waals surface area (Å²) in [5, 5.41) is 10.8. The van der Waals surface area contributed by atoms with E-state index in [-0.39, 0.29) is 0 Å². The highest BCUT2D eigenvalue weighted by Crippen LogP contribution is 2.34. The summed E-state index contributed by atoms with van der Waals surface area (Å²) in [5.74, 6) is -0.0429. The van der Waals surface area contributed by atoms with Gasteiger partial charge in [-0.15, -0.1) is 0 Å². The first kappa shape index (κ1) is 16.7. The molecule has 0 spiro atoms. The van der Waals surface area contributed by atoms with Gasteiger partial charge in [0.05, 0.1) is 18.2 Å². The van der Waals surface area contributed by atoms with Crippen LogP contribution < -0.4 is 4.74 Å². The summed E-state index contributed by atoms with van der Waals surface area (Å²) >= 11 is 0. The van der Waals surface area contributed by atoms with Crippen LogP contribution in [0, 0.1) is 0 Å². The SMILES string of the molecule is COc1cccc(Cn2c3c(c4cccc(C(=O)O)c42)CCCCC3)c1. The fourth-order valence-corrected chi connectivity index (χ4v) is 4.17. The van der Waals surface area contributed by atoms with E-state index in [0.717, 1.165) is 41.5 Å². The number of hydrogen-bond donors (Lipinski definition) is 1. The maximum absolute atomic E-state index is 11.9. The normalized spacial score (nSPS) is 14.0. The Morgan fingerprint density at radius 1 is 1.12 bits per heavy atom. The van der Waals surface area contributed by atoms with E-state index in [1.807, 2.05) is 24.3 Å². The van der Waals surface area contributed by atoms with Gasteiger partial charge in [0, 0.05) is 17.6 Å². The topological polar surface area (TPSA) is 51.5 Å². The lowest BCUT2D eigenvalue weighted by Gasteiger charge is -2.13. The number of aromatic carboxylic acids is 1. The monoisotopic (exact) mass is 349 g/mol. The van der Waals surface area contributed by atoms with Crippen molar-refractivity contribution < 1.29 is 14.6 Å². The quantitative estimate of drug-likeness (QED) is 0.697. The van der Waals surface area contributed by atoms with E-state index in [2.05, 4.69) is 16.7 Å². The molecular weight excluding hydrogens is 326 g/mol. The molecule has 0 unspecified atom stereocenters. The average Bonchev–Trinajstić information content (AvgIpc) is 2.81. The van der Waals surface area contributed by atoms with E-state index >= 15 is 0 Å². The number of ether oxygens (including phenoxy) is 1. The van der Waals surface area contributed by atoms with E-state index in [4.69, 9.17) is 4.74 Å². The second kappa shape index (κ2) is 6.87. The van der Waals surface area contributed by atoms with Gasteiger partial charge in [-0.25, -0.2) is 4.79 Å². The van der Waals surface area contributed by atoms with Gasteiger partial charge in [-0.05, 0) is 55.0 Å². The zero-order valence-electron chi connectivity index (χ0n) is 15.0. The van der Waals surface area contributed by atoms with Crippen molar-refractivity contribution in [2.24, 2.45) is 0 Å². The van der Waals surface area contributed by atoms with Crippen LogP contribution in [0.5, 0.6) is 5.75 Å². The molecule has 0 saturated carbocycles. The number of methoxy groups -OCH3 is 1. The lowest BCUT2D eigenvalue weighted by atomic mass is 10.0. The number of carboxylic acid groups (broad SMARTS) is 1. The molecule has 0 saturated heterocycles. The highest BCUT2D eigenvalue weighted by atomic mass is 16.5. The first-order valence-electron chi connectivity index (χ1n) is 9.18. The van der Waals surface area contributed by atoms with Crippen LogP contribution in [-0.4, -0.2) is 22.8 Å². The first-order valence-corrected chi connectivity index (χ1v) is 9.18. The minimum Gasteiger partial charge on any atom is -0.497 e. The van der Waals surface area contributed by atoms with Gasteiger partial charge < -0.3 is 14.4 Å². The molecule has 2 aromatic carbocycles. The number of carbonyl (C=O) groups is 1. The van der Waals surface area contributed by atoms with Crippen LogP contribution in [0.4, 0.5) is 0 Å². The number of para-hydroxylation sites is 1. The van der Waals surface area contributed by atoms with Crippen LogP contribution in [0.2, 0.25) is 0 Å². The predicted molar refractivity (Wildman–Crippen MR) is 102 cm³/mol. The molecule has 1 heterocycles. The molecule has 1 aromatic heterocycles. The molecule has 4 nitrogen and oxygen atoms in total. The zero-order valence-corrected chi connectivity index (χ0v) is 15.0. The second-order valence-corrected chi connectivity index (χ2v) is 6.93. The van der Waals surface area contributed by atoms with Crippen LogP contribution in [0.3, 0.4) is 0 Å². The van der Waals surface area contributed by atoms with Crippen molar-refractivity contribution in [3.63, 3.8) is 0 Å². The Bertz CT molecular complexity index is 971. The Labute approximate surface area is 153 Å². The Balaban J connectivity index is 1.93. The van der Waals surface area contributed by atoms with Gasteiger partial charge in [0.1, 0.15) is 5.75 Å². The Hall–Kier alpha value is -2.75. The smallest absolute Gasteiger partial charge is 0.337 e. The van der Waals surface area contributed by atoms with E-state index in [1.54, 1.807) is 13.2 Å². The van der Waals surface area contributed by atoms with Crippen molar-refractivity contribution in [3.05, 3.63) is 64.8 Å². The van der Waals surface area contributed by atoms with Crippen molar-refractivity contribution >= 4 is 16.9 Å². The van der Waals surface area contributed by atoms with Gasteiger partial charge >= 0.3 is 5.97 Å². The molecule has 134 valence electrons. The van der Waals surface area contributed by atoms with Gasteiger partial charge in [-0.3, -0.25) is 0 Å². The van der Waals surface area contributed by atoms with Crippen LogP contribution in [0.1, 0.15) is 46.4 Å². The lowest BCUT2D eigenvalue weighted by Crippen LogP contribution is -2.08. The summed E-state index contributed by atoms with van der Waals surface area (Å²) in [6.45, 7) is 0.660. The van der Waals surface area contributed by atoms with Crippen molar-refractivity contribution in [3.8, 4) is 5.75 Å². The summed E-state index contributed by atoms with van der Waals surface area (Å²) < 4.78 is 7.58. The van der Waals surface area contributed by atoms with Gasteiger partial charge in [0.15, 0.2) is 0 Å². The highest BCUT2D eigenvalue weighted by Gasteiger charge is 2.22. The number of hydrogen-bond acceptors (Lipinski definition) is 2. The lowest BCUT2D eigenvalue weighted by molar-refractivity contribution is 0.0698. The standard InChI is InChI=1S/C22H23NO3/c1-26-16-8-5-7-15(13-16)14-23-20-12-4-2-3-9-17(20)18-10-6-11-19(21(18)23)22(24)25/h5-8,10-11,13H,2-4,9,12,14H2,1H3,(H,24,25). The number of aromatic nitrogens is 1. The van der Waals surface area contributed by atoms with Crippen LogP contribution in [0.25, 0.3) is 10.9 Å². The highest BCUT2D eigenvalue weighted by molar-refractivity contribution is 6.04. The molecular formula is C22H23NO3. The number of carboxylic acids is 1. The second-order valence-electron chi connectivity index (χ2n) is 6.93. The molecule has 0 atom stereocenters. The fourth-order valence-electron chi connectivity index (χ4n) is 4.17. The van der Waals surface area contributed by atoms with Crippen molar-refractivity contribution in [1.82, 2.24) is 4.57 Å². The molecule has 26 heavy (non-hydrogen) atoms. The Kier molecular flexibility index (Phi) is 4.41. The van der Waals surface area contributed by atoms with Gasteiger partial charge in [0.2, 0.25) is 0 Å². The van der Waals surface area contributed by atoms with E-state index in [9.17, 15) is 9.90 Å². The summed E-state index contributed by atoms with van der Waals surface area (Å²) in [7, 11) is 1.67. The number of nitrogens with zero attached hydrogens (tertiary/aromatic N) is 1. The molecule has 1 aliphatic rings. The minimum absolute atomic E-state index is 0.387. The molecule has 1 N–H and O–H groups in total. The largest absolute Gasteiger partial charge is 0.497 e. The molecule has 3 aromatic rings. The van der Waals surface area contributed by atoms with Crippen LogP contribution in [0.15, 0.2) is 42.5 Å². The third-order valence-electron chi connectivity index (χ3n) is 5.35. The summed E-state index contributed by atoms with van der Waals surface area (Å²) in [5.41, 5.74) is 5.00. The Morgan fingerprint density at radius 3 is 2.73 bits per heavy atom. The van der Waals surface area contributed by atoms with Crippen LogP contribution in [-0.2, 0) is 19.4 Å². The number of rotatable bonds is 4. The van der Waals surface area contributed by atoms with Gasteiger partial charge in [0.25, 0.3) is 0 Å². The first-order chi connectivity index (χ1) is 12.7. The third-order valence-corrected chi connectivity index (χ3v) is 5.35. The van der Waals surface area contributed by atoms with Crippen molar-refractivity contribution in [2.75, 3.05) is 7.11 Å². The number of aryl methyl sites for hydroxylation is 1. The average molecular weight is 349 g/mol. The maximum Gasteiger partial charge on any atom is 0.337 e. The minimum atomic E-state index is -0.866. The summed E-state index contributed by atoms with van der Waals surface area (Å²) in [4.78, 5) is 11.9. The molecule has 0 aliphatic heterocycles. The maximum atomic E-state index is 11.9. The summed E-state index contributed by atoms with van der Waals surface area (Å²) in [6.07, 6.45) is 5.59. The fraction of sp³-hybridized carbons (Fsp3) is 0.318. The molecule has 0 amide bonds. The van der Waals surface area contributed by atoms with Crippen LogP contribution >= 0.6 is 0 Å². The van der Waals surface area contributed by atoms with Crippen molar-refractivity contribution in [2.45, 2.75) is 38.6 Å². The van der Waals surface area contributed by atoms with Crippen molar-refractivity contribution in [1.29, 1.82) is 0 Å². The predicted octanol–water partition coefficient (Wildman–Crippen LogP) is 4.67. The van der Waals surface area contributed by atoms with Gasteiger partial charge in [-0.1, -0.05) is 30.7 Å². The van der Waals surface area contributed by atoms with Gasteiger partial charge in [-0.2, -0.15) is 0 Å². The number of benzene rings is 2. The molecule has 0 bridgehead atoms. The number of fused-ring (bicyclic) bond motifs is 3. The molecule has 4 rings (SSSR count). The third kappa shape index (κ3) is 2.85. The molecule has 0 fully saturated rings. The zero-order chi connectivity index (χ0) is 18.1. The molecule has 4 heteroatoms. The van der Waals surface area contributed by atoms with E-state index < -0.39 is 5.97 Å². The Morgan fingerprint density at radius 2 is 1.92 bits per heavy atom. The molecule has 1 aliphatic carbocycles. The van der Waals surface area contributed by atoms with E-state index in [1.165, 1.54) is 24.1 Å². The molecule has 0 radical (unpaired) electrons. The summed E-state index contributed by atoms with van der Waals surface area (Å²) in [6, 6.07) is 13.7.